The molecule has 1 saturated heterocycles. The number of nitrogens with two attached hydrogens (primary N) is 1. The fraction of sp³-hybridized carbons (Fsp3) is 0.629. The van der Waals surface area contributed by atoms with Crippen molar-refractivity contribution in [2.24, 2.45) is 11.1 Å². The van der Waals surface area contributed by atoms with Crippen molar-refractivity contribution in [3.8, 4) is 16.2 Å². The number of aromatic nitrogens is 1. The zero-order chi connectivity index (χ0) is 35.1. The lowest BCUT2D eigenvalue weighted by atomic mass is 9.85. The zero-order valence-electron chi connectivity index (χ0n) is 28.5. The number of alkyl halides is 1. The number of aliphatic hydroxyl groups excluding tert-OH is 1. The number of amides is 3. The highest BCUT2D eigenvalue weighted by atomic mass is 32.1. The number of aliphatic hydroxyl groups is 1. The largest absolute Gasteiger partial charge is 0.485 e. The summed E-state index contributed by atoms with van der Waals surface area (Å²) in [4.78, 5) is 59.1. The number of carbonyl (C=O) groups excluding carboxylic acids is 4. The van der Waals surface area contributed by atoms with Crippen molar-refractivity contribution in [2.45, 2.75) is 116 Å². The molecule has 1 saturated carbocycles. The van der Waals surface area contributed by atoms with E-state index in [9.17, 15) is 28.7 Å². The van der Waals surface area contributed by atoms with Crippen LogP contribution in [0.4, 0.5) is 4.39 Å². The Hall–Kier alpha value is -3.42. The highest BCUT2D eigenvalue weighted by Gasteiger charge is 2.53. The predicted molar refractivity (Wildman–Crippen MR) is 182 cm³/mol. The van der Waals surface area contributed by atoms with Gasteiger partial charge in [-0.25, -0.2) is 9.37 Å². The van der Waals surface area contributed by atoms with Crippen LogP contribution >= 0.6 is 11.3 Å². The van der Waals surface area contributed by atoms with Crippen LogP contribution in [0.25, 0.3) is 10.4 Å². The van der Waals surface area contributed by atoms with Gasteiger partial charge in [0.15, 0.2) is 11.5 Å². The minimum absolute atomic E-state index is 0.0156. The first kappa shape index (κ1) is 37.4. The Morgan fingerprint density at radius 2 is 1.88 bits per heavy atom. The summed E-state index contributed by atoms with van der Waals surface area (Å²) in [5.74, 6) is -1.43. The Bertz CT molecular complexity index is 1460. The zero-order valence-corrected chi connectivity index (χ0v) is 29.3. The molecule has 3 amide bonds. The van der Waals surface area contributed by atoms with Crippen LogP contribution in [0.2, 0.25) is 0 Å². The molecule has 13 heteroatoms. The van der Waals surface area contributed by atoms with Crippen molar-refractivity contribution in [1.82, 2.24) is 20.5 Å². The number of benzene rings is 1. The van der Waals surface area contributed by atoms with E-state index in [1.165, 1.54) is 16.2 Å². The summed E-state index contributed by atoms with van der Waals surface area (Å²) >= 11 is 1.49. The maximum atomic E-state index is 14.5. The number of halogens is 1. The van der Waals surface area contributed by atoms with Gasteiger partial charge in [-0.3, -0.25) is 19.2 Å². The van der Waals surface area contributed by atoms with Crippen molar-refractivity contribution >= 4 is 34.8 Å². The van der Waals surface area contributed by atoms with Crippen LogP contribution in [0.3, 0.4) is 0 Å². The van der Waals surface area contributed by atoms with E-state index in [2.05, 4.69) is 15.6 Å². The number of rotatable bonds is 17. The van der Waals surface area contributed by atoms with Gasteiger partial charge in [-0.2, -0.15) is 0 Å². The summed E-state index contributed by atoms with van der Waals surface area (Å²) in [5, 5.41) is 16.0. The SMILES string of the molecule is Cc1ncsc1-c1ccc(CNC(=O)C2C[C@@H](O)CN2C(=O)[C@@H](NC(=O)C2(F)CC2)C(C)(C)C)c(OCC(=O)CCCCCCCN)c1. The number of thiazole rings is 1. The molecule has 3 atom stereocenters. The summed E-state index contributed by atoms with van der Waals surface area (Å²) in [5.41, 5.74) is 6.94. The van der Waals surface area contributed by atoms with Crippen molar-refractivity contribution in [3.05, 3.63) is 35.0 Å². The van der Waals surface area contributed by atoms with Gasteiger partial charge < -0.3 is 31.1 Å². The van der Waals surface area contributed by atoms with E-state index in [0.29, 0.717) is 24.3 Å². The van der Waals surface area contributed by atoms with Crippen LogP contribution in [0.15, 0.2) is 23.7 Å². The van der Waals surface area contributed by atoms with E-state index in [1.807, 2.05) is 25.1 Å². The number of unbranched alkanes of at least 4 members (excludes halogenated alkanes) is 4. The Morgan fingerprint density at radius 3 is 2.52 bits per heavy atom. The van der Waals surface area contributed by atoms with E-state index in [4.69, 9.17) is 10.5 Å². The molecule has 0 radical (unpaired) electrons. The van der Waals surface area contributed by atoms with Gasteiger partial charge in [-0.15, -0.1) is 11.3 Å². The fourth-order valence-corrected chi connectivity index (χ4v) is 6.60. The lowest BCUT2D eigenvalue weighted by molar-refractivity contribution is -0.145. The minimum atomic E-state index is -1.96. The number of ether oxygens (including phenoxy) is 1. The smallest absolute Gasteiger partial charge is 0.258 e. The highest BCUT2D eigenvalue weighted by molar-refractivity contribution is 7.13. The van der Waals surface area contributed by atoms with Gasteiger partial charge in [0.2, 0.25) is 11.8 Å². The summed E-state index contributed by atoms with van der Waals surface area (Å²) in [6, 6.07) is 3.48. The second-order valence-corrected chi connectivity index (χ2v) is 14.9. The molecule has 2 aliphatic rings. The minimum Gasteiger partial charge on any atom is -0.485 e. The molecule has 4 rings (SSSR count). The number of hydrogen-bond donors (Lipinski definition) is 4. The van der Waals surface area contributed by atoms with Crippen LogP contribution in [-0.2, 0) is 25.7 Å². The molecule has 11 nitrogen and oxygen atoms in total. The quantitative estimate of drug-likeness (QED) is 0.182. The summed E-state index contributed by atoms with van der Waals surface area (Å²) in [6.07, 6.45) is 4.53. The molecular weight excluding hydrogens is 637 g/mol. The average Bonchev–Trinajstić information content (AvgIpc) is 3.45. The third-order valence-electron chi connectivity index (χ3n) is 8.93. The summed E-state index contributed by atoms with van der Waals surface area (Å²) in [6.45, 7) is 7.70. The standard InChI is InChI=1S/C35H50FN5O6S/c1-22-29(48-21-39-22)23-11-12-24(28(16-23)47-20-25(42)10-8-6-5-7-9-15-37)18-38-31(44)27-17-26(43)19-41(27)32(45)30(34(2,3)4)40-33(46)35(36)13-14-35/h11-12,16,21,26-27,30,43H,5-10,13-15,17-20,37H2,1-4H3,(H,38,44)(H,40,46)/t26-,27?,30-/m1/s1. The third-order valence-corrected chi connectivity index (χ3v) is 9.90. The molecule has 5 N–H and O–H groups in total. The molecule has 264 valence electrons. The molecule has 0 spiro atoms. The molecule has 2 fully saturated rings. The van der Waals surface area contributed by atoms with Gasteiger partial charge >= 0.3 is 0 Å². The molecule has 1 aliphatic carbocycles. The lowest BCUT2D eigenvalue weighted by Crippen LogP contribution is -2.59. The van der Waals surface area contributed by atoms with E-state index >= 15 is 0 Å². The number of carbonyl (C=O) groups is 4. The van der Waals surface area contributed by atoms with E-state index < -0.39 is 47.0 Å². The topological polar surface area (TPSA) is 164 Å². The Labute approximate surface area is 286 Å². The van der Waals surface area contributed by atoms with Gasteiger partial charge in [0.25, 0.3) is 5.91 Å². The molecule has 1 aromatic heterocycles. The van der Waals surface area contributed by atoms with Gasteiger partial charge in [0.05, 0.1) is 22.2 Å². The fourth-order valence-electron chi connectivity index (χ4n) is 5.80. The number of ketones is 1. The monoisotopic (exact) mass is 687 g/mol. The number of nitrogens with one attached hydrogen (secondary N) is 2. The number of nitrogens with zero attached hydrogens (tertiary/aromatic N) is 2. The van der Waals surface area contributed by atoms with Crippen LogP contribution < -0.4 is 21.1 Å². The van der Waals surface area contributed by atoms with Gasteiger partial charge in [-0.1, -0.05) is 52.2 Å². The molecule has 1 aromatic carbocycles. The number of Topliss-reactive ketones (excluding diaryl/α,β-unsaturated/α-hetero) is 1. The maximum Gasteiger partial charge on any atom is 0.258 e. The van der Waals surface area contributed by atoms with Gasteiger partial charge in [0, 0.05) is 31.5 Å². The highest BCUT2D eigenvalue weighted by Crippen LogP contribution is 2.40. The predicted octanol–water partition coefficient (Wildman–Crippen LogP) is 3.98. The van der Waals surface area contributed by atoms with Gasteiger partial charge in [-0.05, 0) is 56.2 Å². The first-order chi connectivity index (χ1) is 22.7. The molecule has 48 heavy (non-hydrogen) atoms. The molecule has 2 aromatic rings. The second-order valence-electron chi connectivity index (χ2n) is 14.1. The Kier molecular flexibility index (Phi) is 12.7. The molecule has 1 unspecified atom stereocenters. The normalized spacial score (nSPS) is 19.1. The van der Waals surface area contributed by atoms with E-state index in [-0.39, 0.29) is 44.7 Å². The molecular formula is C35H50FN5O6S. The third kappa shape index (κ3) is 9.82. The van der Waals surface area contributed by atoms with Crippen molar-refractivity contribution in [2.75, 3.05) is 19.7 Å². The van der Waals surface area contributed by atoms with Crippen molar-refractivity contribution < 1.29 is 33.4 Å². The Morgan fingerprint density at radius 1 is 1.17 bits per heavy atom. The number of hydrogen-bond acceptors (Lipinski definition) is 9. The van der Waals surface area contributed by atoms with Crippen LogP contribution in [0.1, 0.15) is 89.8 Å². The summed E-state index contributed by atoms with van der Waals surface area (Å²) < 4.78 is 20.5. The Balaban J connectivity index is 1.44. The van der Waals surface area contributed by atoms with Crippen LogP contribution in [0, 0.1) is 12.3 Å². The first-order valence-corrected chi connectivity index (χ1v) is 17.8. The van der Waals surface area contributed by atoms with E-state index in [1.54, 1.807) is 26.3 Å². The van der Waals surface area contributed by atoms with Crippen LogP contribution in [-0.4, -0.2) is 82.0 Å². The van der Waals surface area contributed by atoms with Gasteiger partial charge in [0.1, 0.15) is 24.4 Å². The summed E-state index contributed by atoms with van der Waals surface area (Å²) in [7, 11) is 0. The number of β-amino-alcohol motifs (C(OH)–C–C–N with tert-alkyl or cyclic N) is 1. The van der Waals surface area contributed by atoms with Crippen LogP contribution in [0.5, 0.6) is 5.75 Å². The molecule has 1 aliphatic heterocycles. The second kappa shape index (κ2) is 16.3. The molecule has 2 heterocycles. The first-order valence-electron chi connectivity index (χ1n) is 16.9. The maximum absolute atomic E-state index is 14.5. The number of likely N-dealkylation sites (tertiary alicyclic amines) is 1. The van der Waals surface area contributed by atoms with Crippen molar-refractivity contribution in [1.29, 1.82) is 0 Å². The molecule has 0 bridgehead atoms. The van der Waals surface area contributed by atoms with E-state index in [0.717, 1.165) is 48.2 Å². The average molecular weight is 688 g/mol. The number of aryl methyl sites for hydroxylation is 1. The van der Waals surface area contributed by atoms with Crippen molar-refractivity contribution in [3.63, 3.8) is 0 Å². The lowest BCUT2D eigenvalue weighted by Gasteiger charge is -2.35.